The molecule has 0 fully saturated rings. The molecular formula is C10H10N. The summed E-state index contributed by atoms with van der Waals surface area (Å²) < 4.78 is 0. The summed E-state index contributed by atoms with van der Waals surface area (Å²) in [4.78, 5) is 3.17. The van der Waals surface area contributed by atoms with Gasteiger partial charge in [-0.3, -0.25) is 0 Å². The Kier molecular flexibility index (Phi) is 1.42. The maximum atomic E-state index is 3.83. The lowest BCUT2D eigenvalue weighted by atomic mass is 10.1. The quantitative estimate of drug-likeness (QED) is 0.633. The van der Waals surface area contributed by atoms with E-state index in [0.29, 0.717) is 0 Å². The minimum Gasteiger partial charge on any atom is -0.361 e. The SMILES string of the molecule is [CH2]Cc1ccc2cc[nH]c2c1. The number of H-pyrrole nitrogens is 1. The molecule has 1 heterocycles. The van der Waals surface area contributed by atoms with Gasteiger partial charge in [-0.1, -0.05) is 12.1 Å². The lowest BCUT2D eigenvalue weighted by molar-refractivity contribution is 1.28. The molecule has 0 aliphatic heterocycles. The average Bonchev–Trinajstić information content (AvgIpc) is 2.50. The van der Waals surface area contributed by atoms with Crippen molar-refractivity contribution in [2.24, 2.45) is 0 Å². The lowest BCUT2D eigenvalue weighted by Gasteiger charge is -1.94. The normalized spacial score (nSPS) is 10.6. The highest BCUT2D eigenvalue weighted by atomic mass is 14.7. The van der Waals surface area contributed by atoms with Gasteiger partial charge < -0.3 is 4.98 Å². The highest BCUT2D eigenvalue weighted by molar-refractivity contribution is 5.79. The van der Waals surface area contributed by atoms with Crippen LogP contribution < -0.4 is 0 Å². The number of hydrogen-bond acceptors (Lipinski definition) is 0. The van der Waals surface area contributed by atoms with Crippen LogP contribution in [-0.4, -0.2) is 4.98 Å². The molecule has 0 saturated heterocycles. The number of fused-ring (bicyclic) bond motifs is 1. The van der Waals surface area contributed by atoms with Crippen molar-refractivity contribution < 1.29 is 0 Å². The molecule has 1 aromatic carbocycles. The summed E-state index contributed by atoms with van der Waals surface area (Å²) in [5.74, 6) is 0. The smallest absolute Gasteiger partial charge is 0.0456 e. The molecule has 1 radical (unpaired) electrons. The van der Waals surface area contributed by atoms with Crippen LogP contribution in [0.3, 0.4) is 0 Å². The van der Waals surface area contributed by atoms with Crippen molar-refractivity contribution in [3.63, 3.8) is 0 Å². The first-order valence-corrected chi connectivity index (χ1v) is 3.75. The predicted molar refractivity (Wildman–Crippen MR) is 47.4 cm³/mol. The van der Waals surface area contributed by atoms with Crippen molar-refractivity contribution >= 4 is 10.9 Å². The monoisotopic (exact) mass is 144 g/mol. The van der Waals surface area contributed by atoms with E-state index in [-0.39, 0.29) is 0 Å². The highest BCUT2D eigenvalue weighted by Crippen LogP contribution is 2.13. The zero-order chi connectivity index (χ0) is 7.68. The van der Waals surface area contributed by atoms with Crippen molar-refractivity contribution in [2.75, 3.05) is 0 Å². The Balaban J connectivity index is 2.67. The maximum Gasteiger partial charge on any atom is 0.0456 e. The Morgan fingerprint density at radius 2 is 2.18 bits per heavy atom. The summed E-state index contributed by atoms with van der Waals surface area (Å²) in [5, 5.41) is 1.27. The molecule has 11 heavy (non-hydrogen) atoms. The van der Waals surface area contributed by atoms with Gasteiger partial charge in [0.05, 0.1) is 0 Å². The molecule has 1 nitrogen and oxygen atoms in total. The predicted octanol–water partition coefficient (Wildman–Crippen LogP) is 2.54. The van der Waals surface area contributed by atoms with Gasteiger partial charge in [-0.25, -0.2) is 0 Å². The largest absolute Gasteiger partial charge is 0.361 e. The molecule has 0 amide bonds. The molecule has 1 N–H and O–H groups in total. The fourth-order valence-corrected chi connectivity index (χ4v) is 1.25. The number of aromatic amines is 1. The third-order valence-electron chi connectivity index (χ3n) is 1.91. The molecule has 1 heteroatoms. The van der Waals surface area contributed by atoms with Gasteiger partial charge >= 0.3 is 0 Å². The Hall–Kier alpha value is -1.24. The molecule has 0 aliphatic rings. The summed E-state index contributed by atoms with van der Waals surface area (Å²) >= 11 is 0. The van der Waals surface area contributed by atoms with Crippen LogP contribution in [0, 0.1) is 6.92 Å². The Morgan fingerprint density at radius 1 is 1.27 bits per heavy atom. The zero-order valence-electron chi connectivity index (χ0n) is 6.30. The van der Waals surface area contributed by atoms with Crippen molar-refractivity contribution in [3.8, 4) is 0 Å². The molecule has 55 valence electrons. The van der Waals surface area contributed by atoms with Gasteiger partial charge in [0.2, 0.25) is 0 Å². The first-order chi connectivity index (χ1) is 5.40. The van der Waals surface area contributed by atoms with E-state index < -0.39 is 0 Å². The van der Waals surface area contributed by atoms with Gasteiger partial charge in [0, 0.05) is 11.7 Å². The van der Waals surface area contributed by atoms with Gasteiger partial charge in [0.25, 0.3) is 0 Å². The van der Waals surface area contributed by atoms with E-state index in [0.717, 1.165) is 6.42 Å². The highest BCUT2D eigenvalue weighted by Gasteiger charge is 1.93. The molecule has 0 atom stereocenters. The standard InChI is InChI=1S/C10H10N/c1-2-8-3-4-9-5-6-11-10(9)7-8/h3-7,11H,1-2H2. The molecule has 0 aliphatic carbocycles. The number of nitrogens with one attached hydrogen (secondary N) is 1. The van der Waals surface area contributed by atoms with Crippen LogP contribution in [0.15, 0.2) is 30.5 Å². The summed E-state index contributed by atoms with van der Waals surface area (Å²) in [7, 11) is 0. The van der Waals surface area contributed by atoms with Crippen molar-refractivity contribution in [3.05, 3.63) is 42.9 Å². The van der Waals surface area contributed by atoms with Gasteiger partial charge in [0.1, 0.15) is 0 Å². The molecule has 0 unspecified atom stereocenters. The van der Waals surface area contributed by atoms with Crippen molar-refractivity contribution in [1.29, 1.82) is 0 Å². The Labute approximate surface area is 66.1 Å². The first-order valence-electron chi connectivity index (χ1n) is 3.75. The van der Waals surface area contributed by atoms with E-state index in [9.17, 15) is 0 Å². The van der Waals surface area contributed by atoms with Crippen LogP contribution in [0.2, 0.25) is 0 Å². The summed E-state index contributed by atoms with van der Waals surface area (Å²) in [6, 6.07) is 8.44. The average molecular weight is 144 g/mol. The van der Waals surface area contributed by atoms with Gasteiger partial charge in [-0.15, -0.1) is 0 Å². The second-order valence-electron chi connectivity index (χ2n) is 2.65. The van der Waals surface area contributed by atoms with Crippen LogP contribution >= 0.6 is 0 Å². The molecule has 2 aromatic rings. The van der Waals surface area contributed by atoms with E-state index in [1.807, 2.05) is 6.20 Å². The number of hydrogen-bond donors (Lipinski definition) is 1. The zero-order valence-corrected chi connectivity index (χ0v) is 6.30. The third kappa shape index (κ3) is 1.03. The number of rotatable bonds is 1. The fraction of sp³-hybridized carbons (Fsp3) is 0.100. The summed E-state index contributed by atoms with van der Waals surface area (Å²) in [5.41, 5.74) is 2.48. The topological polar surface area (TPSA) is 15.8 Å². The Bertz CT molecular complexity index is 360. The van der Waals surface area contributed by atoms with E-state index >= 15 is 0 Å². The molecule has 0 saturated carbocycles. The van der Waals surface area contributed by atoms with Crippen LogP contribution in [0.25, 0.3) is 10.9 Å². The maximum absolute atomic E-state index is 3.83. The fourth-order valence-electron chi connectivity index (χ4n) is 1.25. The van der Waals surface area contributed by atoms with Crippen LogP contribution in [-0.2, 0) is 6.42 Å². The summed E-state index contributed by atoms with van der Waals surface area (Å²) in [6.45, 7) is 3.83. The minimum absolute atomic E-state index is 0.856. The van der Waals surface area contributed by atoms with Crippen molar-refractivity contribution in [1.82, 2.24) is 4.98 Å². The number of benzene rings is 1. The molecule has 2 rings (SSSR count). The van der Waals surface area contributed by atoms with Crippen LogP contribution in [0.1, 0.15) is 5.56 Å². The van der Waals surface area contributed by atoms with Crippen LogP contribution in [0.5, 0.6) is 0 Å². The Morgan fingerprint density at radius 3 is 3.00 bits per heavy atom. The number of aromatic nitrogens is 1. The van der Waals surface area contributed by atoms with Crippen LogP contribution in [0.4, 0.5) is 0 Å². The van der Waals surface area contributed by atoms with E-state index in [1.165, 1.54) is 16.5 Å². The second-order valence-corrected chi connectivity index (χ2v) is 2.65. The molecule has 0 spiro atoms. The van der Waals surface area contributed by atoms with E-state index in [1.54, 1.807) is 0 Å². The van der Waals surface area contributed by atoms with Gasteiger partial charge in [0.15, 0.2) is 0 Å². The van der Waals surface area contributed by atoms with Crippen molar-refractivity contribution in [2.45, 2.75) is 6.42 Å². The van der Waals surface area contributed by atoms with E-state index in [4.69, 9.17) is 0 Å². The molecule has 1 aromatic heterocycles. The summed E-state index contributed by atoms with van der Waals surface area (Å²) in [6.07, 6.45) is 2.81. The van der Waals surface area contributed by atoms with E-state index in [2.05, 4.69) is 36.2 Å². The van der Waals surface area contributed by atoms with Gasteiger partial charge in [-0.05, 0) is 36.4 Å². The third-order valence-corrected chi connectivity index (χ3v) is 1.91. The molecule has 0 bridgehead atoms. The van der Waals surface area contributed by atoms with Gasteiger partial charge in [-0.2, -0.15) is 0 Å². The minimum atomic E-state index is 0.856. The lowest BCUT2D eigenvalue weighted by Crippen LogP contribution is -1.78. The molecular weight excluding hydrogens is 134 g/mol. The first kappa shape index (κ1) is 6.47. The second kappa shape index (κ2) is 2.42.